The Morgan fingerprint density at radius 3 is 2.86 bits per heavy atom. The van der Waals surface area contributed by atoms with E-state index >= 15 is 0 Å². The number of rotatable bonds is 2. The first-order chi connectivity index (χ1) is 6.59. The first-order valence-electron chi connectivity index (χ1n) is 4.58. The van der Waals surface area contributed by atoms with Gasteiger partial charge in [-0.15, -0.1) is 11.3 Å². The van der Waals surface area contributed by atoms with Gasteiger partial charge in [-0.1, -0.05) is 13.3 Å². The third kappa shape index (κ3) is 1.23. The molecule has 0 amide bonds. The fourth-order valence-electron chi connectivity index (χ4n) is 1.86. The van der Waals surface area contributed by atoms with Gasteiger partial charge in [-0.25, -0.2) is 8.42 Å². The van der Waals surface area contributed by atoms with E-state index in [0.717, 1.165) is 6.42 Å². The van der Waals surface area contributed by atoms with E-state index in [2.05, 4.69) is 0 Å². The van der Waals surface area contributed by atoms with E-state index in [1.807, 2.05) is 6.92 Å². The van der Waals surface area contributed by atoms with Crippen LogP contribution in [0, 0.1) is 0 Å². The van der Waals surface area contributed by atoms with Crippen molar-refractivity contribution in [3.63, 3.8) is 0 Å². The van der Waals surface area contributed by atoms with Gasteiger partial charge in [-0.05, 0) is 17.9 Å². The quantitative estimate of drug-likeness (QED) is 0.845. The molecule has 14 heavy (non-hydrogen) atoms. The third-order valence-electron chi connectivity index (χ3n) is 2.56. The van der Waals surface area contributed by atoms with Gasteiger partial charge in [0.15, 0.2) is 9.84 Å². The summed E-state index contributed by atoms with van der Waals surface area (Å²) in [5.41, 5.74) is 0.591. The van der Waals surface area contributed by atoms with E-state index in [1.54, 1.807) is 11.4 Å². The van der Waals surface area contributed by atoms with Crippen molar-refractivity contribution >= 4 is 21.2 Å². The second-order valence-electron chi connectivity index (χ2n) is 3.48. The Morgan fingerprint density at radius 1 is 1.57 bits per heavy atom. The zero-order chi connectivity index (χ0) is 10.3. The minimum Gasteiger partial charge on any atom is -0.387 e. The molecular weight excluding hydrogens is 220 g/mol. The Labute approximate surface area is 87.3 Å². The Hall–Kier alpha value is -0.390. The average molecular weight is 232 g/mol. The van der Waals surface area contributed by atoms with Crippen molar-refractivity contribution in [2.45, 2.75) is 35.3 Å². The Bertz CT molecular complexity index is 433. The largest absolute Gasteiger partial charge is 0.387 e. The van der Waals surface area contributed by atoms with Gasteiger partial charge in [0.2, 0.25) is 0 Å². The zero-order valence-electron chi connectivity index (χ0n) is 7.80. The van der Waals surface area contributed by atoms with Crippen LogP contribution >= 0.6 is 11.3 Å². The van der Waals surface area contributed by atoms with Crippen LogP contribution in [-0.2, 0) is 9.84 Å². The standard InChI is InChI=1S/C9H12O3S2/c1-2-3-7-8(10)6-4-5-13-9(6)14(7,11)12/h4-5,7-8,10H,2-3H2,1H3. The highest BCUT2D eigenvalue weighted by atomic mass is 32.2. The molecule has 1 aliphatic rings. The van der Waals surface area contributed by atoms with Gasteiger partial charge in [0.05, 0.1) is 11.4 Å². The molecule has 0 saturated heterocycles. The highest BCUT2D eigenvalue weighted by Crippen LogP contribution is 2.43. The van der Waals surface area contributed by atoms with Crippen LogP contribution in [0.15, 0.2) is 15.7 Å². The van der Waals surface area contributed by atoms with Crippen molar-refractivity contribution in [2.24, 2.45) is 0 Å². The topological polar surface area (TPSA) is 54.4 Å². The van der Waals surface area contributed by atoms with E-state index < -0.39 is 21.2 Å². The van der Waals surface area contributed by atoms with Gasteiger partial charge in [0, 0.05) is 5.56 Å². The highest BCUT2D eigenvalue weighted by Gasteiger charge is 2.44. The number of aliphatic hydroxyl groups is 1. The molecule has 0 radical (unpaired) electrons. The maximum atomic E-state index is 11.9. The molecule has 1 aromatic rings. The second kappa shape index (κ2) is 3.32. The molecule has 1 aliphatic heterocycles. The lowest BCUT2D eigenvalue weighted by Gasteiger charge is -2.12. The van der Waals surface area contributed by atoms with Crippen LogP contribution < -0.4 is 0 Å². The van der Waals surface area contributed by atoms with E-state index in [1.165, 1.54) is 11.3 Å². The van der Waals surface area contributed by atoms with Crippen LogP contribution in [0.2, 0.25) is 0 Å². The molecule has 0 aliphatic carbocycles. The predicted octanol–water partition coefficient (Wildman–Crippen LogP) is 1.74. The monoisotopic (exact) mass is 232 g/mol. The number of aliphatic hydroxyl groups excluding tert-OH is 1. The minimum atomic E-state index is -3.25. The first kappa shape index (κ1) is 10.1. The smallest absolute Gasteiger partial charge is 0.193 e. The number of hydrogen-bond acceptors (Lipinski definition) is 4. The summed E-state index contributed by atoms with van der Waals surface area (Å²) < 4.78 is 24.2. The van der Waals surface area contributed by atoms with Crippen molar-refractivity contribution in [2.75, 3.05) is 0 Å². The first-order valence-corrected chi connectivity index (χ1v) is 7.01. The summed E-state index contributed by atoms with van der Waals surface area (Å²) in [6, 6.07) is 1.71. The zero-order valence-corrected chi connectivity index (χ0v) is 9.44. The van der Waals surface area contributed by atoms with Gasteiger partial charge in [-0.3, -0.25) is 0 Å². The Kier molecular flexibility index (Phi) is 2.41. The van der Waals surface area contributed by atoms with Crippen molar-refractivity contribution in [3.05, 3.63) is 17.0 Å². The number of sulfone groups is 1. The lowest BCUT2D eigenvalue weighted by Crippen LogP contribution is -2.20. The summed E-state index contributed by atoms with van der Waals surface area (Å²) in [4.78, 5) is 0. The summed E-state index contributed by atoms with van der Waals surface area (Å²) in [5, 5.41) is 10.9. The molecule has 0 saturated carbocycles. The van der Waals surface area contributed by atoms with Gasteiger partial charge in [0.1, 0.15) is 4.21 Å². The molecule has 0 fully saturated rings. The molecule has 2 atom stereocenters. The van der Waals surface area contributed by atoms with E-state index in [-0.39, 0.29) is 0 Å². The van der Waals surface area contributed by atoms with Gasteiger partial charge in [0.25, 0.3) is 0 Å². The fourth-order valence-corrected chi connectivity index (χ4v) is 5.42. The molecule has 78 valence electrons. The summed E-state index contributed by atoms with van der Waals surface area (Å²) in [5.74, 6) is 0. The van der Waals surface area contributed by atoms with Crippen LogP contribution in [0.5, 0.6) is 0 Å². The lowest BCUT2D eigenvalue weighted by atomic mass is 10.1. The number of thiophene rings is 1. The third-order valence-corrected chi connectivity index (χ3v) is 6.31. The average Bonchev–Trinajstić information content (AvgIpc) is 2.66. The van der Waals surface area contributed by atoms with E-state index in [4.69, 9.17) is 0 Å². The van der Waals surface area contributed by atoms with Crippen LogP contribution in [-0.4, -0.2) is 18.8 Å². The molecule has 5 heteroatoms. The maximum Gasteiger partial charge on any atom is 0.193 e. The van der Waals surface area contributed by atoms with Crippen molar-refractivity contribution in [1.82, 2.24) is 0 Å². The molecular formula is C9H12O3S2. The predicted molar refractivity (Wildman–Crippen MR) is 55.2 cm³/mol. The molecule has 1 N–H and O–H groups in total. The van der Waals surface area contributed by atoms with Crippen LogP contribution in [0.3, 0.4) is 0 Å². The van der Waals surface area contributed by atoms with Gasteiger partial charge in [-0.2, -0.15) is 0 Å². The molecule has 0 aromatic carbocycles. The molecule has 1 aromatic heterocycles. The fraction of sp³-hybridized carbons (Fsp3) is 0.556. The van der Waals surface area contributed by atoms with Crippen LogP contribution in [0.4, 0.5) is 0 Å². The summed E-state index contributed by atoms with van der Waals surface area (Å²) >= 11 is 1.20. The molecule has 3 nitrogen and oxygen atoms in total. The van der Waals surface area contributed by atoms with Crippen LogP contribution in [0.25, 0.3) is 0 Å². The second-order valence-corrected chi connectivity index (χ2v) is 6.76. The van der Waals surface area contributed by atoms with Gasteiger partial charge >= 0.3 is 0 Å². The Morgan fingerprint density at radius 2 is 2.29 bits per heavy atom. The van der Waals surface area contributed by atoms with Crippen LogP contribution in [0.1, 0.15) is 31.4 Å². The Balaban J connectivity index is 2.50. The number of fused-ring (bicyclic) bond motifs is 1. The summed E-state index contributed by atoms with van der Waals surface area (Å²) in [6.07, 6.45) is 0.488. The van der Waals surface area contributed by atoms with E-state index in [9.17, 15) is 13.5 Å². The maximum absolute atomic E-state index is 11.9. The minimum absolute atomic E-state index is 0.364. The highest BCUT2D eigenvalue weighted by molar-refractivity contribution is 7.94. The molecule has 0 bridgehead atoms. The summed E-state index contributed by atoms with van der Waals surface area (Å²) in [6.45, 7) is 1.93. The lowest BCUT2D eigenvalue weighted by molar-refractivity contribution is 0.171. The molecule has 2 heterocycles. The summed E-state index contributed by atoms with van der Waals surface area (Å²) in [7, 11) is -3.25. The van der Waals surface area contributed by atoms with E-state index in [0.29, 0.717) is 16.2 Å². The molecule has 2 unspecified atom stereocenters. The van der Waals surface area contributed by atoms with Crippen molar-refractivity contribution in [1.29, 1.82) is 0 Å². The normalized spacial score (nSPS) is 29.0. The van der Waals surface area contributed by atoms with Gasteiger partial charge < -0.3 is 5.11 Å². The molecule has 2 rings (SSSR count). The van der Waals surface area contributed by atoms with Crippen molar-refractivity contribution in [3.8, 4) is 0 Å². The number of hydrogen-bond donors (Lipinski definition) is 1. The SMILES string of the molecule is CCCC1C(O)c2ccsc2S1(=O)=O. The molecule has 0 spiro atoms. The van der Waals surface area contributed by atoms with Crippen molar-refractivity contribution < 1.29 is 13.5 Å².